The molecule has 0 aliphatic heterocycles. The Labute approximate surface area is 391 Å². The number of benzene rings is 12. The lowest BCUT2D eigenvalue weighted by Crippen LogP contribution is -2.09. The van der Waals surface area contributed by atoms with Crippen molar-refractivity contribution >= 4 is 60.2 Å². The number of anilines is 3. The summed E-state index contributed by atoms with van der Waals surface area (Å²) in [5.74, 6) is 0. The van der Waals surface area contributed by atoms with Crippen LogP contribution in [0.5, 0.6) is 0 Å². The van der Waals surface area contributed by atoms with Crippen LogP contribution in [-0.2, 0) is 0 Å². The second kappa shape index (κ2) is 16.3. The highest BCUT2D eigenvalue weighted by atomic mass is 15.1. The van der Waals surface area contributed by atoms with Crippen molar-refractivity contribution in [2.24, 2.45) is 0 Å². The van der Waals surface area contributed by atoms with Gasteiger partial charge >= 0.3 is 0 Å². The van der Waals surface area contributed by atoms with Crippen LogP contribution in [-0.4, -0.2) is 0 Å². The van der Waals surface area contributed by atoms with Crippen LogP contribution in [0.3, 0.4) is 0 Å². The largest absolute Gasteiger partial charge is 0.311 e. The first-order valence-corrected chi connectivity index (χ1v) is 21.8. The summed E-state index contributed by atoms with van der Waals surface area (Å²) in [7, 11) is 0. The first kappa shape index (κ1) is 30.5. The highest BCUT2D eigenvalue weighted by Gasteiger charge is 2.17. The predicted octanol–water partition coefficient (Wildman–Crippen LogP) is 18.1. The molecule has 0 spiro atoms. The second-order valence-corrected chi connectivity index (χ2v) is 16.3. The van der Waals surface area contributed by atoms with E-state index in [9.17, 15) is 11.0 Å². The molecule has 65 heavy (non-hydrogen) atoms. The van der Waals surface area contributed by atoms with E-state index in [0.717, 1.165) is 76.5 Å². The average molecular weight is 834 g/mol. The Balaban J connectivity index is 1.02. The lowest BCUT2D eigenvalue weighted by molar-refractivity contribution is 1.28. The maximum absolute atomic E-state index is 9.81. The van der Waals surface area contributed by atoms with Gasteiger partial charge in [-0.05, 0) is 147 Å². The topological polar surface area (TPSA) is 3.24 Å². The molecule has 0 radical (unpaired) electrons. The van der Waals surface area contributed by atoms with Gasteiger partial charge < -0.3 is 4.90 Å². The van der Waals surface area contributed by atoms with Gasteiger partial charge in [0.15, 0.2) is 0 Å². The van der Waals surface area contributed by atoms with Gasteiger partial charge in [-0.1, -0.05) is 212 Å². The van der Waals surface area contributed by atoms with E-state index in [1.807, 2.05) is 115 Å². The Bertz CT molecular complexity index is 4120. The van der Waals surface area contributed by atoms with Crippen molar-refractivity contribution in [3.8, 4) is 55.6 Å². The number of rotatable bonds is 8. The molecule has 0 amide bonds. The molecule has 1 nitrogen and oxygen atoms in total. The molecule has 0 saturated heterocycles. The molecule has 12 rings (SSSR count). The lowest BCUT2D eigenvalue weighted by atomic mass is 9.90. The molecule has 0 aliphatic carbocycles. The van der Waals surface area contributed by atoms with Crippen LogP contribution in [0.25, 0.3) is 98.7 Å². The zero-order valence-electron chi connectivity index (χ0n) is 43.2. The fraction of sp³-hybridized carbons (Fsp3) is 0. The summed E-state index contributed by atoms with van der Waals surface area (Å²) in [6, 6.07) is 66.4. The quantitative estimate of drug-likeness (QED) is 0.138. The standard InChI is InChI=1S/C64H43N/c1-2-13-52(14-3-1)64-62-17-9-7-12-50(62)32-41-63(64)51-30-38-59(39-31-51)65(58-36-28-48(29-37-58)55-33-40-61-56(43-55)25-23-49-11-6-8-16-60(49)61)57-34-26-46(27-35-57)45-18-20-47(21-19-45)54-24-22-44-10-4-5-15-53(44)42-54/h1-43H/i26D,27D,30D,31D,34D,35D,38D,39D. The minimum Gasteiger partial charge on any atom is -0.311 e. The summed E-state index contributed by atoms with van der Waals surface area (Å²) in [6.45, 7) is 0. The van der Waals surface area contributed by atoms with Crippen molar-refractivity contribution in [2.75, 3.05) is 4.90 Å². The Morgan fingerprint density at radius 1 is 0.246 bits per heavy atom. The summed E-state index contributed by atoms with van der Waals surface area (Å²) < 4.78 is 77.5. The molecule has 1 heteroatoms. The third-order valence-corrected chi connectivity index (χ3v) is 12.4. The fourth-order valence-corrected chi connectivity index (χ4v) is 9.07. The lowest BCUT2D eigenvalue weighted by Gasteiger charge is -2.26. The smallest absolute Gasteiger partial charge is 0.0645 e. The van der Waals surface area contributed by atoms with Gasteiger partial charge in [0.2, 0.25) is 0 Å². The van der Waals surface area contributed by atoms with Gasteiger partial charge in [0.25, 0.3) is 0 Å². The molecule has 304 valence electrons. The molecular weight excluding hydrogens is 783 g/mol. The Kier molecular flexibility index (Phi) is 7.66. The molecule has 0 heterocycles. The number of hydrogen-bond acceptors (Lipinski definition) is 1. The van der Waals surface area contributed by atoms with E-state index in [1.165, 1.54) is 4.90 Å². The summed E-state index contributed by atoms with van der Waals surface area (Å²) in [5, 5.41) is 8.58. The molecule has 12 aromatic rings. The number of fused-ring (bicyclic) bond motifs is 5. The normalized spacial score (nSPS) is 13.1. The summed E-state index contributed by atoms with van der Waals surface area (Å²) in [4.78, 5) is 1.37. The predicted molar refractivity (Wildman–Crippen MR) is 278 cm³/mol. The maximum atomic E-state index is 9.81. The number of hydrogen-bond donors (Lipinski definition) is 0. The van der Waals surface area contributed by atoms with Crippen molar-refractivity contribution in [2.45, 2.75) is 0 Å². The van der Waals surface area contributed by atoms with Crippen LogP contribution in [0.1, 0.15) is 11.0 Å². The molecule has 0 fully saturated rings. The highest BCUT2D eigenvalue weighted by molar-refractivity contribution is 6.08. The van der Waals surface area contributed by atoms with Crippen LogP contribution >= 0.6 is 0 Å². The summed E-state index contributed by atoms with van der Waals surface area (Å²) in [5.41, 5.74) is 6.48. The van der Waals surface area contributed by atoms with Gasteiger partial charge in [0.1, 0.15) is 0 Å². The van der Waals surface area contributed by atoms with E-state index in [2.05, 4.69) is 72.8 Å². The third-order valence-electron chi connectivity index (χ3n) is 12.4. The van der Waals surface area contributed by atoms with Crippen LogP contribution in [0, 0.1) is 0 Å². The second-order valence-electron chi connectivity index (χ2n) is 16.3. The molecule has 0 aliphatic rings. The molecule has 0 aromatic heterocycles. The monoisotopic (exact) mass is 833 g/mol. The van der Waals surface area contributed by atoms with E-state index in [1.54, 1.807) is 24.3 Å². The summed E-state index contributed by atoms with van der Waals surface area (Å²) in [6.07, 6.45) is 0. The van der Waals surface area contributed by atoms with Crippen molar-refractivity contribution in [1.82, 2.24) is 0 Å². The van der Waals surface area contributed by atoms with E-state index in [-0.39, 0.29) is 46.7 Å². The van der Waals surface area contributed by atoms with Crippen LogP contribution in [0.4, 0.5) is 17.1 Å². The Morgan fingerprint density at radius 2 is 0.692 bits per heavy atom. The molecular formula is C64H43N. The first-order valence-electron chi connectivity index (χ1n) is 25.8. The number of nitrogens with zero attached hydrogens (tertiary/aromatic N) is 1. The molecule has 0 atom stereocenters. The highest BCUT2D eigenvalue weighted by Crippen LogP contribution is 2.42. The van der Waals surface area contributed by atoms with Crippen LogP contribution < -0.4 is 4.90 Å². The van der Waals surface area contributed by atoms with Gasteiger partial charge in [-0.3, -0.25) is 0 Å². The van der Waals surface area contributed by atoms with E-state index in [4.69, 9.17) is 0 Å². The Hall–Kier alpha value is -8.52. The van der Waals surface area contributed by atoms with Gasteiger partial charge in [0, 0.05) is 17.1 Å². The van der Waals surface area contributed by atoms with E-state index < -0.39 is 24.2 Å². The van der Waals surface area contributed by atoms with Gasteiger partial charge in [-0.2, -0.15) is 0 Å². The Morgan fingerprint density at radius 3 is 1.38 bits per heavy atom. The maximum Gasteiger partial charge on any atom is 0.0645 e. The van der Waals surface area contributed by atoms with E-state index in [0.29, 0.717) is 16.8 Å². The van der Waals surface area contributed by atoms with Crippen LogP contribution in [0.15, 0.2) is 261 Å². The molecule has 0 saturated carbocycles. The third kappa shape index (κ3) is 7.20. The zero-order valence-corrected chi connectivity index (χ0v) is 35.2. The minimum absolute atomic E-state index is 0.0999. The van der Waals surface area contributed by atoms with Crippen molar-refractivity contribution < 1.29 is 11.0 Å². The van der Waals surface area contributed by atoms with Crippen molar-refractivity contribution in [1.29, 1.82) is 0 Å². The minimum atomic E-state index is -0.404. The average Bonchev–Trinajstić information content (AvgIpc) is 3.44. The molecule has 0 N–H and O–H groups in total. The van der Waals surface area contributed by atoms with Crippen molar-refractivity contribution in [3.63, 3.8) is 0 Å². The van der Waals surface area contributed by atoms with Gasteiger partial charge in [0.05, 0.1) is 11.0 Å². The fourth-order valence-electron chi connectivity index (χ4n) is 9.07. The zero-order chi connectivity index (χ0) is 50.1. The van der Waals surface area contributed by atoms with Crippen LogP contribution in [0.2, 0.25) is 0 Å². The van der Waals surface area contributed by atoms with E-state index >= 15 is 0 Å². The van der Waals surface area contributed by atoms with Gasteiger partial charge in [-0.15, -0.1) is 0 Å². The SMILES string of the molecule is [2H]c1c([2H])c(N(c2ccc(-c3ccc4c(ccc5ccccc54)c3)cc2)c2c([2H])c([2H])c(-c3ccc4ccccc4c3-c3ccccc3)c([2H])c2[2H])c([2H])c([2H])c1-c1ccc(-c2ccc3ccccc3c2)cc1. The molecule has 12 aromatic carbocycles. The van der Waals surface area contributed by atoms with Gasteiger partial charge in [-0.25, -0.2) is 0 Å². The first-order chi connectivity index (χ1) is 35.5. The molecule has 0 bridgehead atoms. The molecule has 0 unspecified atom stereocenters. The summed E-state index contributed by atoms with van der Waals surface area (Å²) >= 11 is 0. The van der Waals surface area contributed by atoms with Crippen molar-refractivity contribution in [3.05, 3.63) is 261 Å².